The van der Waals surface area contributed by atoms with E-state index in [0.29, 0.717) is 11.4 Å². The molecular formula is C8H9N3OS. The van der Waals surface area contributed by atoms with Crippen molar-refractivity contribution < 1.29 is 4.79 Å². The van der Waals surface area contributed by atoms with E-state index in [1.807, 2.05) is 6.08 Å². The standard InChI is InChI=1S/C8H9N3OS/c9-8-5(4-10-11-8)7(12)6-2-1-3-13-6/h2,4H,1,3H2,(H3,9,10,11). The third kappa shape index (κ3) is 1.47. The van der Waals surface area contributed by atoms with Gasteiger partial charge in [-0.2, -0.15) is 5.10 Å². The van der Waals surface area contributed by atoms with Crippen molar-refractivity contribution in [2.24, 2.45) is 0 Å². The van der Waals surface area contributed by atoms with Crippen molar-refractivity contribution >= 4 is 23.4 Å². The van der Waals surface area contributed by atoms with Crippen LogP contribution in [0.5, 0.6) is 0 Å². The van der Waals surface area contributed by atoms with E-state index < -0.39 is 0 Å². The summed E-state index contributed by atoms with van der Waals surface area (Å²) in [6.45, 7) is 0. The fourth-order valence-electron chi connectivity index (χ4n) is 1.19. The number of Topliss-reactive ketones (excluding diaryl/α,β-unsaturated/α-hetero) is 1. The molecule has 4 nitrogen and oxygen atoms in total. The summed E-state index contributed by atoms with van der Waals surface area (Å²) in [6, 6.07) is 0. The molecule has 0 radical (unpaired) electrons. The van der Waals surface area contributed by atoms with Gasteiger partial charge in [-0.3, -0.25) is 9.89 Å². The molecule has 2 heterocycles. The van der Waals surface area contributed by atoms with Crippen LogP contribution in [0.25, 0.3) is 0 Å². The number of carbonyl (C=O) groups excluding carboxylic acids is 1. The number of hydrogen-bond donors (Lipinski definition) is 2. The van der Waals surface area contributed by atoms with E-state index in [-0.39, 0.29) is 5.78 Å². The molecule has 1 aliphatic rings. The molecule has 0 bridgehead atoms. The lowest BCUT2D eigenvalue weighted by atomic mass is 10.2. The minimum absolute atomic E-state index is 0.0197. The number of nitrogens with one attached hydrogen (secondary N) is 1. The molecule has 0 atom stereocenters. The van der Waals surface area contributed by atoms with Crippen molar-refractivity contribution in [1.29, 1.82) is 0 Å². The van der Waals surface area contributed by atoms with E-state index in [9.17, 15) is 4.79 Å². The number of nitrogens with zero attached hydrogens (tertiary/aromatic N) is 1. The number of rotatable bonds is 2. The first-order valence-corrected chi connectivity index (χ1v) is 4.94. The molecule has 0 aromatic carbocycles. The number of nitrogens with two attached hydrogens (primary N) is 1. The van der Waals surface area contributed by atoms with Crippen molar-refractivity contribution in [2.45, 2.75) is 6.42 Å². The van der Waals surface area contributed by atoms with Gasteiger partial charge in [-0.05, 0) is 6.42 Å². The van der Waals surface area contributed by atoms with E-state index in [1.54, 1.807) is 11.8 Å². The predicted molar refractivity (Wildman–Crippen MR) is 52.5 cm³/mol. The zero-order chi connectivity index (χ0) is 9.26. The lowest BCUT2D eigenvalue weighted by Gasteiger charge is -1.97. The molecule has 1 aliphatic heterocycles. The SMILES string of the molecule is Nc1[nH]ncc1C(=O)C1=CCCS1. The second-order valence-electron chi connectivity index (χ2n) is 2.73. The van der Waals surface area contributed by atoms with Gasteiger partial charge in [0.05, 0.1) is 16.7 Å². The van der Waals surface area contributed by atoms with Crippen LogP contribution in [-0.2, 0) is 0 Å². The highest BCUT2D eigenvalue weighted by Crippen LogP contribution is 2.28. The molecule has 0 aliphatic carbocycles. The minimum atomic E-state index is -0.0197. The molecule has 5 heteroatoms. The van der Waals surface area contributed by atoms with Gasteiger partial charge in [0.1, 0.15) is 5.82 Å². The molecular weight excluding hydrogens is 186 g/mol. The van der Waals surface area contributed by atoms with Crippen LogP contribution in [-0.4, -0.2) is 21.7 Å². The van der Waals surface area contributed by atoms with Crippen molar-refractivity contribution in [3.05, 3.63) is 22.7 Å². The van der Waals surface area contributed by atoms with Crippen LogP contribution in [0.2, 0.25) is 0 Å². The average Bonchev–Trinajstić information content (AvgIpc) is 2.72. The molecule has 1 aromatic heterocycles. The topological polar surface area (TPSA) is 71.8 Å². The monoisotopic (exact) mass is 195 g/mol. The van der Waals surface area contributed by atoms with Gasteiger partial charge >= 0.3 is 0 Å². The Bertz CT molecular complexity index is 369. The Labute approximate surface area is 79.6 Å². The van der Waals surface area contributed by atoms with E-state index in [0.717, 1.165) is 17.1 Å². The summed E-state index contributed by atoms with van der Waals surface area (Å²) in [6.07, 6.45) is 4.38. The smallest absolute Gasteiger partial charge is 0.204 e. The zero-order valence-corrected chi connectivity index (χ0v) is 7.73. The maximum Gasteiger partial charge on any atom is 0.204 e. The third-order valence-corrected chi connectivity index (χ3v) is 2.95. The summed E-state index contributed by atoms with van der Waals surface area (Å²) >= 11 is 1.57. The lowest BCUT2D eigenvalue weighted by molar-refractivity contribution is 0.104. The first-order valence-electron chi connectivity index (χ1n) is 3.95. The van der Waals surface area contributed by atoms with Crippen LogP contribution < -0.4 is 5.73 Å². The lowest BCUT2D eigenvalue weighted by Crippen LogP contribution is -2.01. The minimum Gasteiger partial charge on any atom is -0.383 e. The summed E-state index contributed by atoms with van der Waals surface area (Å²) < 4.78 is 0. The van der Waals surface area contributed by atoms with Gasteiger partial charge in [-0.1, -0.05) is 6.08 Å². The van der Waals surface area contributed by atoms with Crippen molar-refractivity contribution in [3.8, 4) is 0 Å². The number of anilines is 1. The molecule has 3 N–H and O–H groups in total. The van der Waals surface area contributed by atoms with Gasteiger partial charge in [0.25, 0.3) is 0 Å². The quantitative estimate of drug-likeness (QED) is 0.695. The molecule has 2 rings (SSSR count). The number of nitrogen functional groups attached to an aromatic ring is 1. The molecule has 0 amide bonds. The number of allylic oxidation sites excluding steroid dienone is 2. The molecule has 0 unspecified atom stereocenters. The summed E-state index contributed by atoms with van der Waals surface area (Å²) in [5, 5.41) is 6.25. The summed E-state index contributed by atoms with van der Waals surface area (Å²) in [5.41, 5.74) is 6.01. The Kier molecular flexibility index (Phi) is 2.10. The Morgan fingerprint density at radius 3 is 3.08 bits per heavy atom. The van der Waals surface area contributed by atoms with Gasteiger partial charge in [0.2, 0.25) is 5.78 Å². The predicted octanol–water partition coefficient (Wildman–Crippen LogP) is 1.20. The molecule has 13 heavy (non-hydrogen) atoms. The van der Waals surface area contributed by atoms with E-state index in [4.69, 9.17) is 5.73 Å². The van der Waals surface area contributed by atoms with E-state index >= 15 is 0 Å². The number of thioether (sulfide) groups is 1. The Hall–Kier alpha value is -1.23. The number of aromatic amines is 1. The van der Waals surface area contributed by atoms with Crippen molar-refractivity contribution in [2.75, 3.05) is 11.5 Å². The third-order valence-electron chi connectivity index (χ3n) is 1.84. The molecule has 0 saturated heterocycles. The Balaban J connectivity index is 2.27. The fourth-order valence-corrected chi connectivity index (χ4v) is 2.12. The number of H-pyrrole nitrogens is 1. The number of carbonyl (C=O) groups is 1. The summed E-state index contributed by atoms with van der Waals surface area (Å²) in [5.74, 6) is 1.31. The highest BCUT2D eigenvalue weighted by Gasteiger charge is 2.19. The number of aromatic nitrogens is 2. The molecule has 0 spiro atoms. The molecule has 0 saturated carbocycles. The highest BCUT2D eigenvalue weighted by atomic mass is 32.2. The first-order chi connectivity index (χ1) is 6.29. The highest BCUT2D eigenvalue weighted by molar-refractivity contribution is 8.04. The Morgan fingerprint density at radius 2 is 2.54 bits per heavy atom. The molecule has 68 valence electrons. The molecule has 1 aromatic rings. The second-order valence-corrected chi connectivity index (χ2v) is 3.87. The van der Waals surface area contributed by atoms with Crippen molar-refractivity contribution in [3.63, 3.8) is 0 Å². The first kappa shape index (κ1) is 8.37. The van der Waals surface area contributed by atoms with Crippen LogP contribution in [0.3, 0.4) is 0 Å². The van der Waals surface area contributed by atoms with Crippen LogP contribution in [0, 0.1) is 0 Å². The zero-order valence-electron chi connectivity index (χ0n) is 6.91. The summed E-state index contributed by atoms with van der Waals surface area (Å²) in [4.78, 5) is 12.5. The Morgan fingerprint density at radius 1 is 1.69 bits per heavy atom. The van der Waals surface area contributed by atoms with Gasteiger partial charge in [-0.15, -0.1) is 11.8 Å². The number of ketones is 1. The normalized spacial score (nSPS) is 15.8. The maximum atomic E-state index is 11.7. The van der Waals surface area contributed by atoms with Gasteiger partial charge < -0.3 is 5.73 Å². The van der Waals surface area contributed by atoms with Gasteiger partial charge in [0.15, 0.2) is 0 Å². The number of hydrogen-bond acceptors (Lipinski definition) is 4. The molecule has 0 fully saturated rings. The fraction of sp³-hybridized carbons (Fsp3) is 0.250. The maximum absolute atomic E-state index is 11.7. The van der Waals surface area contributed by atoms with Crippen LogP contribution >= 0.6 is 11.8 Å². The second kappa shape index (κ2) is 3.26. The van der Waals surface area contributed by atoms with Crippen LogP contribution in [0.4, 0.5) is 5.82 Å². The van der Waals surface area contributed by atoms with E-state index in [2.05, 4.69) is 10.2 Å². The largest absolute Gasteiger partial charge is 0.383 e. The van der Waals surface area contributed by atoms with Gasteiger partial charge in [-0.25, -0.2) is 0 Å². The average molecular weight is 195 g/mol. The van der Waals surface area contributed by atoms with Crippen molar-refractivity contribution in [1.82, 2.24) is 10.2 Å². The van der Waals surface area contributed by atoms with Crippen LogP contribution in [0.1, 0.15) is 16.8 Å². The van der Waals surface area contributed by atoms with Crippen LogP contribution in [0.15, 0.2) is 17.2 Å². The summed E-state index contributed by atoms with van der Waals surface area (Å²) in [7, 11) is 0. The van der Waals surface area contributed by atoms with Gasteiger partial charge in [0, 0.05) is 5.75 Å². The van der Waals surface area contributed by atoms with E-state index in [1.165, 1.54) is 6.20 Å².